The van der Waals surface area contributed by atoms with Crippen LogP contribution in [0.1, 0.15) is 34.0 Å². The fraction of sp³-hybridized carbons (Fsp3) is 0.250. The van der Waals surface area contributed by atoms with E-state index in [9.17, 15) is 4.79 Å². The van der Waals surface area contributed by atoms with Crippen molar-refractivity contribution in [2.45, 2.75) is 13.8 Å². The highest BCUT2D eigenvalue weighted by Crippen LogP contribution is 2.16. The van der Waals surface area contributed by atoms with Gasteiger partial charge in [0.05, 0.1) is 23.3 Å². The summed E-state index contributed by atoms with van der Waals surface area (Å²) < 4.78 is 4.85. The summed E-state index contributed by atoms with van der Waals surface area (Å²) in [5.41, 5.74) is 1.43. The van der Waals surface area contributed by atoms with Crippen molar-refractivity contribution in [3.05, 3.63) is 34.4 Å². The Balaban J connectivity index is 3.29. The van der Waals surface area contributed by atoms with Crippen LogP contribution in [0.25, 0.3) is 0 Å². The topological polar surface area (TPSA) is 73.9 Å². The van der Waals surface area contributed by atoms with Crippen LogP contribution >= 0.6 is 0 Å². The molecule has 1 rings (SSSR count). The van der Waals surface area contributed by atoms with Gasteiger partial charge in [0.15, 0.2) is 0 Å². The number of rotatable bonds is 2. The lowest BCUT2D eigenvalue weighted by atomic mass is 10.0. The molecule has 0 fully saturated rings. The van der Waals surface area contributed by atoms with Gasteiger partial charge in [0.1, 0.15) is 12.1 Å². The molecule has 0 aliphatic carbocycles. The summed E-state index contributed by atoms with van der Waals surface area (Å²) in [5, 5.41) is 17.6. The zero-order valence-electron chi connectivity index (χ0n) is 9.07. The van der Waals surface area contributed by atoms with E-state index in [-0.39, 0.29) is 17.7 Å². The Morgan fingerprint density at radius 3 is 2.38 bits per heavy atom. The van der Waals surface area contributed by atoms with E-state index < -0.39 is 5.97 Å². The van der Waals surface area contributed by atoms with Gasteiger partial charge < -0.3 is 4.74 Å². The molecule has 0 saturated heterocycles. The molecule has 0 amide bonds. The molecular formula is C12H10N2O2. The van der Waals surface area contributed by atoms with Crippen molar-refractivity contribution in [3.63, 3.8) is 0 Å². The first-order chi connectivity index (χ1) is 7.63. The third-order valence-electron chi connectivity index (χ3n) is 2.10. The number of ether oxygens (including phenoxy) is 1. The molecule has 0 atom stereocenters. The summed E-state index contributed by atoms with van der Waals surface area (Å²) >= 11 is 0. The molecule has 0 aliphatic rings. The van der Waals surface area contributed by atoms with Gasteiger partial charge in [-0.15, -0.1) is 0 Å². The molecule has 4 heteroatoms. The lowest BCUT2D eigenvalue weighted by Gasteiger charge is -2.06. The van der Waals surface area contributed by atoms with Gasteiger partial charge >= 0.3 is 5.97 Å². The number of carbonyl (C=O) groups excluding carboxylic acids is 1. The Morgan fingerprint density at radius 2 is 1.88 bits per heavy atom. The van der Waals surface area contributed by atoms with Gasteiger partial charge in [-0.2, -0.15) is 10.5 Å². The highest BCUT2D eigenvalue weighted by Gasteiger charge is 2.13. The molecule has 0 aromatic heterocycles. The summed E-state index contributed by atoms with van der Waals surface area (Å²) in [6, 6.07) is 6.71. The quantitative estimate of drug-likeness (QED) is 0.705. The van der Waals surface area contributed by atoms with Crippen LogP contribution in [0.3, 0.4) is 0 Å². The monoisotopic (exact) mass is 214 g/mol. The number of nitrogens with zero attached hydrogens (tertiary/aromatic N) is 2. The first-order valence-corrected chi connectivity index (χ1v) is 4.76. The number of hydrogen-bond acceptors (Lipinski definition) is 4. The average Bonchev–Trinajstić information content (AvgIpc) is 2.28. The Bertz CT molecular complexity index is 507. The lowest BCUT2D eigenvalue weighted by molar-refractivity contribution is 0.0525. The zero-order valence-corrected chi connectivity index (χ0v) is 9.07. The second-order valence-electron chi connectivity index (χ2n) is 3.16. The molecule has 0 radical (unpaired) electrons. The maximum absolute atomic E-state index is 11.5. The van der Waals surface area contributed by atoms with E-state index in [1.807, 2.05) is 12.1 Å². The minimum absolute atomic E-state index is 0.191. The summed E-state index contributed by atoms with van der Waals surface area (Å²) in [4.78, 5) is 11.5. The van der Waals surface area contributed by atoms with Crippen molar-refractivity contribution in [1.82, 2.24) is 0 Å². The highest BCUT2D eigenvalue weighted by molar-refractivity contribution is 5.91. The molecule has 16 heavy (non-hydrogen) atoms. The highest BCUT2D eigenvalue weighted by atomic mass is 16.5. The molecule has 0 saturated carbocycles. The fourth-order valence-corrected chi connectivity index (χ4v) is 1.32. The number of benzene rings is 1. The molecule has 1 aromatic rings. The lowest BCUT2D eigenvalue weighted by Crippen LogP contribution is -2.07. The second kappa shape index (κ2) is 4.95. The van der Waals surface area contributed by atoms with Crippen molar-refractivity contribution < 1.29 is 9.53 Å². The SMILES string of the molecule is CCOC(=O)c1cc(C#N)c(C#N)cc1C. The first kappa shape index (κ1) is 11.7. The standard InChI is InChI=1S/C12H10N2O2/c1-3-16-12(15)11-5-10(7-14)9(6-13)4-8(11)2/h4-5H,3H2,1-2H3. The van der Waals surface area contributed by atoms with Crippen LogP contribution in [0, 0.1) is 29.6 Å². The van der Waals surface area contributed by atoms with Crippen LogP contribution in [-0.4, -0.2) is 12.6 Å². The molecule has 0 unspecified atom stereocenters. The van der Waals surface area contributed by atoms with E-state index in [2.05, 4.69) is 0 Å². The Labute approximate surface area is 93.7 Å². The van der Waals surface area contributed by atoms with E-state index in [4.69, 9.17) is 15.3 Å². The maximum atomic E-state index is 11.5. The van der Waals surface area contributed by atoms with Crippen LogP contribution in [0.15, 0.2) is 12.1 Å². The number of hydrogen-bond donors (Lipinski definition) is 0. The number of carbonyl (C=O) groups is 1. The largest absolute Gasteiger partial charge is 0.462 e. The number of esters is 1. The van der Waals surface area contributed by atoms with E-state index in [0.29, 0.717) is 11.1 Å². The van der Waals surface area contributed by atoms with Gasteiger partial charge in [0, 0.05) is 0 Å². The minimum atomic E-state index is -0.471. The Hall–Kier alpha value is -2.33. The molecular weight excluding hydrogens is 204 g/mol. The molecule has 4 nitrogen and oxygen atoms in total. The maximum Gasteiger partial charge on any atom is 0.338 e. The smallest absolute Gasteiger partial charge is 0.338 e. The molecule has 0 spiro atoms. The Morgan fingerprint density at radius 1 is 1.31 bits per heavy atom. The molecule has 0 aliphatic heterocycles. The number of nitriles is 2. The van der Waals surface area contributed by atoms with Crippen molar-refractivity contribution in [1.29, 1.82) is 10.5 Å². The predicted molar refractivity (Wildman–Crippen MR) is 56.6 cm³/mol. The normalized spacial score (nSPS) is 9.00. The first-order valence-electron chi connectivity index (χ1n) is 4.76. The van der Waals surface area contributed by atoms with Crippen LogP contribution < -0.4 is 0 Å². The van der Waals surface area contributed by atoms with E-state index in [1.54, 1.807) is 13.8 Å². The molecule has 80 valence electrons. The van der Waals surface area contributed by atoms with Crippen molar-refractivity contribution in [2.24, 2.45) is 0 Å². The third-order valence-corrected chi connectivity index (χ3v) is 2.10. The van der Waals surface area contributed by atoms with Crippen molar-refractivity contribution in [2.75, 3.05) is 6.61 Å². The van der Waals surface area contributed by atoms with Gasteiger partial charge in [-0.1, -0.05) is 0 Å². The predicted octanol–water partition coefficient (Wildman–Crippen LogP) is 1.92. The van der Waals surface area contributed by atoms with E-state index >= 15 is 0 Å². The minimum Gasteiger partial charge on any atom is -0.462 e. The third kappa shape index (κ3) is 2.18. The van der Waals surface area contributed by atoms with E-state index in [0.717, 1.165) is 0 Å². The average molecular weight is 214 g/mol. The van der Waals surface area contributed by atoms with Crippen LogP contribution in [-0.2, 0) is 4.74 Å². The van der Waals surface area contributed by atoms with E-state index in [1.165, 1.54) is 12.1 Å². The van der Waals surface area contributed by atoms with Crippen LogP contribution in [0.4, 0.5) is 0 Å². The van der Waals surface area contributed by atoms with Crippen LogP contribution in [0.5, 0.6) is 0 Å². The molecule has 1 aromatic carbocycles. The van der Waals surface area contributed by atoms with Gasteiger partial charge in [-0.05, 0) is 31.5 Å². The van der Waals surface area contributed by atoms with Gasteiger partial charge in [-0.3, -0.25) is 0 Å². The molecule has 0 N–H and O–H groups in total. The summed E-state index contributed by atoms with van der Waals surface area (Å²) in [6.45, 7) is 3.69. The number of aryl methyl sites for hydroxylation is 1. The van der Waals surface area contributed by atoms with Gasteiger partial charge in [0.2, 0.25) is 0 Å². The van der Waals surface area contributed by atoms with Gasteiger partial charge in [-0.25, -0.2) is 4.79 Å². The Kier molecular flexibility index (Phi) is 3.63. The summed E-state index contributed by atoms with van der Waals surface area (Å²) in [6.07, 6.45) is 0. The van der Waals surface area contributed by atoms with Gasteiger partial charge in [0.25, 0.3) is 0 Å². The molecule has 0 bridgehead atoms. The fourth-order valence-electron chi connectivity index (χ4n) is 1.32. The molecule has 0 heterocycles. The second-order valence-corrected chi connectivity index (χ2v) is 3.16. The summed E-state index contributed by atoms with van der Waals surface area (Å²) in [5.74, 6) is -0.471. The van der Waals surface area contributed by atoms with Crippen molar-refractivity contribution in [3.8, 4) is 12.1 Å². The summed E-state index contributed by atoms with van der Waals surface area (Å²) in [7, 11) is 0. The van der Waals surface area contributed by atoms with Crippen molar-refractivity contribution >= 4 is 5.97 Å². The zero-order chi connectivity index (χ0) is 12.1. The van der Waals surface area contributed by atoms with Crippen LogP contribution in [0.2, 0.25) is 0 Å².